The minimum Gasteiger partial charge on any atom is -0.324 e. The van der Waals surface area contributed by atoms with Crippen molar-refractivity contribution in [3.05, 3.63) is 99.8 Å². The van der Waals surface area contributed by atoms with Crippen molar-refractivity contribution in [2.45, 2.75) is 12.7 Å². The largest absolute Gasteiger partial charge is 0.418 e. The van der Waals surface area contributed by atoms with E-state index in [9.17, 15) is 22.8 Å². The van der Waals surface area contributed by atoms with E-state index in [1.54, 1.807) is 48.5 Å². The second-order valence-electron chi connectivity index (χ2n) is 7.79. The Kier molecular flexibility index (Phi) is 5.56. The van der Waals surface area contributed by atoms with E-state index in [1.807, 2.05) is 0 Å². The quantitative estimate of drug-likeness (QED) is 0.351. The Morgan fingerprint density at radius 3 is 2.40 bits per heavy atom. The highest BCUT2D eigenvalue weighted by Crippen LogP contribution is 2.34. The van der Waals surface area contributed by atoms with Crippen LogP contribution in [0.5, 0.6) is 0 Å². The first-order valence-electron chi connectivity index (χ1n) is 10.5. The van der Waals surface area contributed by atoms with Crippen LogP contribution in [0.25, 0.3) is 28.1 Å². The van der Waals surface area contributed by atoms with Crippen LogP contribution < -0.4 is 10.9 Å². The van der Waals surface area contributed by atoms with Gasteiger partial charge in [-0.15, -0.1) is 0 Å². The van der Waals surface area contributed by atoms with Crippen LogP contribution in [0, 0.1) is 0 Å². The lowest BCUT2D eigenvalue weighted by Crippen LogP contribution is -2.22. The molecule has 2 aromatic heterocycles. The summed E-state index contributed by atoms with van der Waals surface area (Å²) in [4.78, 5) is 30.6. The van der Waals surface area contributed by atoms with E-state index in [1.165, 1.54) is 33.2 Å². The molecule has 0 aliphatic rings. The zero-order valence-corrected chi connectivity index (χ0v) is 18.6. The van der Waals surface area contributed by atoms with Crippen molar-refractivity contribution in [2.24, 2.45) is 0 Å². The van der Waals surface area contributed by atoms with Gasteiger partial charge in [0, 0.05) is 16.7 Å². The van der Waals surface area contributed by atoms with Crippen LogP contribution in [0.2, 0.25) is 5.02 Å². The molecule has 1 N–H and O–H groups in total. The molecule has 3 aromatic carbocycles. The number of imidazole rings is 1. The molecule has 176 valence electrons. The van der Waals surface area contributed by atoms with Crippen molar-refractivity contribution in [3.8, 4) is 11.3 Å². The zero-order chi connectivity index (χ0) is 24.7. The van der Waals surface area contributed by atoms with Crippen molar-refractivity contribution >= 4 is 40.0 Å². The molecule has 2 heterocycles. The molecule has 0 saturated heterocycles. The van der Waals surface area contributed by atoms with Crippen LogP contribution in [0.1, 0.15) is 5.56 Å². The second-order valence-corrected chi connectivity index (χ2v) is 8.23. The number of benzene rings is 3. The number of carbonyl (C=O) groups is 1. The average molecular weight is 497 g/mol. The molecular weight excluding hydrogens is 481 g/mol. The van der Waals surface area contributed by atoms with E-state index in [0.717, 1.165) is 6.07 Å². The fourth-order valence-electron chi connectivity index (χ4n) is 3.99. The molecule has 0 spiro atoms. The van der Waals surface area contributed by atoms with E-state index < -0.39 is 17.6 Å². The normalized spacial score (nSPS) is 11.8. The van der Waals surface area contributed by atoms with Gasteiger partial charge >= 0.3 is 6.18 Å². The Morgan fingerprint density at radius 2 is 1.66 bits per heavy atom. The summed E-state index contributed by atoms with van der Waals surface area (Å²) in [5.41, 5.74) is 0.328. The van der Waals surface area contributed by atoms with Crippen LogP contribution in [0.4, 0.5) is 18.9 Å². The molecule has 0 saturated carbocycles. The number of anilines is 1. The lowest BCUT2D eigenvalue weighted by atomic mass is 10.1. The van der Waals surface area contributed by atoms with Crippen molar-refractivity contribution < 1.29 is 18.0 Å². The van der Waals surface area contributed by atoms with Gasteiger partial charge in [-0.2, -0.15) is 13.2 Å². The maximum Gasteiger partial charge on any atom is 0.418 e. The maximum atomic E-state index is 13.4. The monoisotopic (exact) mass is 496 g/mol. The molecule has 0 aliphatic carbocycles. The number of halogens is 4. The number of hydrogen-bond donors (Lipinski definition) is 1. The number of aromatic nitrogens is 3. The molecule has 0 aliphatic heterocycles. The molecule has 6 nitrogen and oxygen atoms in total. The number of amides is 1. The Morgan fingerprint density at radius 1 is 0.943 bits per heavy atom. The Hall–Kier alpha value is -4.11. The average Bonchev–Trinajstić information content (AvgIpc) is 3.12. The number of carbonyl (C=O) groups excluding carboxylic acids is 1. The lowest BCUT2D eigenvalue weighted by molar-refractivity contribution is -0.137. The Balaban J connectivity index is 1.62. The van der Waals surface area contributed by atoms with Gasteiger partial charge in [-0.05, 0) is 36.4 Å². The molecule has 0 bridgehead atoms. The zero-order valence-electron chi connectivity index (χ0n) is 17.9. The standard InChI is InChI=1S/C25H16ClF3N4O2/c26-16-7-5-6-15(12-16)19-13-23(35)33-21-11-4-3-10-20(21)32(24(33)31-19)14-22(34)30-18-9-2-1-8-17(18)25(27,28)29/h1-13H,14H2,(H,30,34). The van der Waals surface area contributed by atoms with Gasteiger partial charge in [-0.3, -0.25) is 9.59 Å². The number of hydrogen-bond acceptors (Lipinski definition) is 3. The summed E-state index contributed by atoms with van der Waals surface area (Å²) < 4.78 is 42.9. The van der Waals surface area contributed by atoms with Crippen molar-refractivity contribution in [3.63, 3.8) is 0 Å². The topological polar surface area (TPSA) is 68.4 Å². The van der Waals surface area contributed by atoms with Crippen molar-refractivity contribution in [1.29, 1.82) is 0 Å². The number of rotatable bonds is 4. The van der Waals surface area contributed by atoms with E-state index in [-0.39, 0.29) is 23.6 Å². The van der Waals surface area contributed by atoms with Gasteiger partial charge < -0.3 is 9.88 Å². The summed E-state index contributed by atoms with van der Waals surface area (Å²) in [6, 6.07) is 19.8. The van der Waals surface area contributed by atoms with E-state index >= 15 is 0 Å². The predicted molar refractivity (Wildman–Crippen MR) is 127 cm³/mol. The molecule has 5 aromatic rings. The number of nitrogens with one attached hydrogen (secondary N) is 1. The van der Waals surface area contributed by atoms with Crippen LogP contribution in [-0.4, -0.2) is 19.9 Å². The fraction of sp³-hybridized carbons (Fsp3) is 0.0800. The Labute approximate surface area is 201 Å². The minimum atomic E-state index is -4.63. The third-order valence-electron chi connectivity index (χ3n) is 5.48. The van der Waals surface area contributed by atoms with Crippen LogP contribution in [0.3, 0.4) is 0 Å². The lowest BCUT2D eigenvalue weighted by Gasteiger charge is -2.14. The molecule has 10 heteroatoms. The maximum absolute atomic E-state index is 13.4. The highest BCUT2D eigenvalue weighted by Gasteiger charge is 2.33. The summed E-state index contributed by atoms with van der Waals surface area (Å²) in [6.07, 6.45) is -4.63. The molecule has 0 unspecified atom stereocenters. The first-order chi connectivity index (χ1) is 16.7. The van der Waals surface area contributed by atoms with Gasteiger partial charge in [0.1, 0.15) is 6.54 Å². The minimum absolute atomic E-state index is 0.174. The van der Waals surface area contributed by atoms with Crippen LogP contribution in [0.15, 0.2) is 83.7 Å². The molecule has 35 heavy (non-hydrogen) atoms. The number of nitrogens with zero attached hydrogens (tertiary/aromatic N) is 3. The molecule has 0 atom stereocenters. The molecule has 5 rings (SSSR count). The molecular formula is C25H16ClF3N4O2. The highest BCUT2D eigenvalue weighted by atomic mass is 35.5. The summed E-state index contributed by atoms with van der Waals surface area (Å²) >= 11 is 6.09. The third kappa shape index (κ3) is 4.26. The summed E-state index contributed by atoms with van der Waals surface area (Å²) in [5.74, 6) is -0.528. The summed E-state index contributed by atoms with van der Waals surface area (Å²) in [6.45, 7) is -0.366. The van der Waals surface area contributed by atoms with E-state index in [4.69, 9.17) is 11.6 Å². The van der Waals surface area contributed by atoms with Gasteiger partial charge in [-0.25, -0.2) is 9.38 Å². The second kappa shape index (κ2) is 8.59. The van der Waals surface area contributed by atoms with Gasteiger partial charge in [0.15, 0.2) is 0 Å². The van der Waals surface area contributed by atoms with Gasteiger partial charge in [0.2, 0.25) is 11.7 Å². The smallest absolute Gasteiger partial charge is 0.324 e. The number of alkyl halides is 3. The van der Waals surface area contributed by atoms with Gasteiger partial charge in [0.05, 0.1) is 28.0 Å². The van der Waals surface area contributed by atoms with Crippen molar-refractivity contribution in [1.82, 2.24) is 14.0 Å². The number of fused-ring (bicyclic) bond motifs is 3. The first-order valence-corrected chi connectivity index (χ1v) is 10.8. The SMILES string of the molecule is O=C(Cn1c2ccccc2n2c(=O)cc(-c3cccc(Cl)c3)nc12)Nc1ccccc1C(F)(F)F. The van der Waals surface area contributed by atoms with Crippen molar-refractivity contribution in [2.75, 3.05) is 5.32 Å². The van der Waals surface area contributed by atoms with E-state index in [0.29, 0.717) is 27.3 Å². The predicted octanol–water partition coefficient (Wildman–Crippen LogP) is 5.63. The molecule has 0 radical (unpaired) electrons. The summed E-state index contributed by atoms with van der Waals surface area (Å²) in [5, 5.41) is 2.81. The fourth-order valence-corrected chi connectivity index (χ4v) is 4.18. The molecule has 1 amide bonds. The Bertz CT molecular complexity index is 1660. The van der Waals surface area contributed by atoms with E-state index in [2.05, 4.69) is 10.3 Å². The third-order valence-corrected chi connectivity index (χ3v) is 5.72. The van der Waals surface area contributed by atoms with Crippen LogP contribution in [-0.2, 0) is 17.5 Å². The first kappa shape index (κ1) is 22.7. The number of para-hydroxylation sites is 3. The molecule has 0 fully saturated rings. The van der Waals surface area contributed by atoms with Crippen LogP contribution >= 0.6 is 11.6 Å². The van der Waals surface area contributed by atoms with Gasteiger partial charge in [0.25, 0.3) is 5.56 Å². The summed E-state index contributed by atoms with van der Waals surface area (Å²) in [7, 11) is 0. The van der Waals surface area contributed by atoms with Gasteiger partial charge in [-0.1, -0.05) is 48.0 Å². The highest BCUT2D eigenvalue weighted by molar-refractivity contribution is 6.30.